The minimum atomic E-state index is -1.05. The molecule has 5 aliphatic rings. The van der Waals surface area contributed by atoms with Crippen LogP contribution < -0.4 is 26.4 Å². The Balaban J connectivity index is 0.746. The highest BCUT2D eigenvalue weighted by molar-refractivity contribution is 6.24. The largest absolute Gasteiger partial charge is 0.368 e. The number of carbonyl (C=O) groups excluding carboxylic acids is 6. The van der Waals surface area contributed by atoms with E-state index in [0.29, 0.717) is 53.1 Å². The SMILES string of the molecule is CC(=O)c1c(C)c2cnc(Nc3ccc(N4CCN(CC5CCN(C(=O)Nc6ccc7c(c6)C(=O)N(C6CCC(=O)NC6=O)C7=O)CC5)CC4)cn3)nc2n(C2CCCC2)c1=O. The normalized spacial score (nSPS) is 20.2. The van der Waals surface area contributed by atoms with E-state index in [0.717, 1.165) is 81.8 Å². The van der Waals surface area contributed by atoms with E-state index in [2.05, 4.69) is 35.7 Å². The molecule has 3 aromatic heterocycles. The summed E-state index contributed by atoms with van der Waals surface area (Å²) in [6.45, 7) is 8.86. The number of rotatable bonds is 9. The number of amides is 6. The van der Waals surface area contributed by atoms with Crippen LogP contribution in [0.2, 0.25) is 0 Å². The highest BCUT2D eigenvalue weighted by Gasteiger charge is 2.45. The number of likely N-dealkylation sites (tertiary alicyclic amines) is 1. The maximum atomic E-state index is 13.6. The van der Waals surface area contributed by atoms with Gasteiger partial charge < -0.3 is 20.4 Å². The first-order valence-corrected chi connectivity index (χ1v) is 21.5. The molecule has 0 spiro atoms. The fourth-order valence-electron chi connectivity index (χ4n) is 9.69. The number of Topliss-reactive ketones (excluding diaryl/α,β-unsaturated/α-hetero) is 1. The van der Waals surface area contributed by atoms with Crippen LogP contribution in [0.5, 0.6) is 0 Å². The Morgan fingerprint density at radius 1 is 0.839 bits per heavy atom. The van der Waals surface area contributed by atoms with Gasteiger partial charge >= 0.3 is 6.03 Å². The number of aromatic nitrogens is 4. The van der Waals surface area contributed by atoms with E-state index in [4.69, 9.17) is 4.98 Å². The number of urea groups is 1. The number of ketones is 1. The molecule has 3 saturated heterocycles. The molecule has 7 heterocycles. The van der Waals surface area contributed by atoms with Crippen molar-refractivity contribution < 1.29 is 28.8 Å². The summed E-state index contributed by atoms with van der Waals surface area (Å²) in [5, 5.41) is 8.97. The number of piperazine rings is 1. The number of nitrogens with zero attached hydrogens (tertiary/aromatic N) is 8. The van der Waals surface area contributed by atoms with Crippen molar-refractivity contribution in [3.8, 4) is 0 Å². The van der Waals surface area contributed by atoms with Crippen LogP contribution in [0.25, 0.3) is 11.0 Å². The highest BCUT2D eigenvalue weighted by Crippen LogP contribution is 2.33. The number of hydrogen-bond donors (Lipinski definition) is 3. The molecule has 1 atom stereocenters. The first kappa shape index (κ1) is 40.8. The lowest BCUT2D eigenvalue weighted by molar-refractivity contribution is -0.136. The number of benzene rings is 1. The molecule has 1 unspecified atom stereocenters. The summed E-state index contributed by atoms with van der Waals surface area (Å²) >= 11 is 0. The third kappa shape index (κ3) is 7.78. The van der Waals surface area contributed by atoms with Gasteiger partial charge in [-0.2, -0.15) is 4.98 Å². The Labute approximate surface area is 357 Å². The van der Waals surface area contributed by atoms with Gasteiger partial charge in [-0.05, 0) is 87.8 Å². The van der Waals surface area contributed by atoms with Crippen LogP contribution in [0, 0.1) is 12.8 Å². The standard InChI is InChI=1S/C44H49N11O7/c1-25-33-23-46-43(50-38(33)54(29-5-3-4-6-29)42(61)37(25)26(2)56)48-35-11-8-30(22-45-35)52-19-17-51(18-20-52)24-27-13-15-53(16-14-27)44(62)47-28-7-9-31-32(21-28)41(60)55(40(31)59)34-10-12-36(57)49-39(34)58/h7-9,11,21-23,27,29,34H,3-6,10,12-20,24H2,1-2H3,(H,47,62)(H,49,57,58)(H,45,46,48,50). The van der Waals surface area contributed by atoms with Gasteiger partial charge in [0.15, 0.2) is 5.78 Å². The molecule has 1 aromatic carbocycles. The monoisotopic (exact) mass is 843 g/mol. The van der Waals surface area contributed by atoms with E-state index in [9.17, 15) is 33.6 Å². The van der Waals surface area contributed by atoms with Crippen molar-refractivity contribution in [2.45, 2.75) is 77.3 Å². The van der Waals surface area contributed by atoms with Crippen LogP contribution in [0.3, 0.4) is 0 Å². The van der Waals surface area contributed by atoms with Crippen molar-refractivity contribution in [3.63, 3.8) is 0 Å². The van der Waals surface area contributed by atoms with Crippen LogP contribution in [0.1, 0.15) is 101 Å². The number of carbonyl (C=O) groups is 6. The molecule has 18 nitrogen and oxygen atoms in total. The topological polar surface area (TPSA) is 212 Å². The molecule has 4 fully saturated rings. The van der Waals surface area contributed by atoms with Crippen molar-refractivity contribution in [3.05, 3.63) is 75.3 Å². The first-order chi connectivity index (χ1) is 29.9. The average Bonchev–Trinajstić information content (AvgIpc) is 3.87. The fraction of sp³-hybridized carbons (Fsp3) is 0.455. The van der Waals surface area contributed by atoms with E-state index in [1.165, 1.54) is 19.1 Å². The molecule has 322 valence electrons. The zero-order chi connectivity index (χ0) is 43.2. The van der Waals surface area contributed by atoms with Crippen LogP contribution in [0.15, 0.2) is 47.5 Å². The summed E-state index contributed by atoms with van der Waals surface area (Å²) in [7, 11) is 0. The van der Waals surface area contributed by atoms with Gasteiger partial charge in [-0.3, -0.25) is 48.5 Å². The molecule has 6 amide bonds. The smallest absolute Gasteiger partial charge is 0.321 e. The van der Waals surface area contributed by atoms with Gasteiger partial charge in [0.1, 0.15) is 17.5 Å². The van der Waals surface area contributed by atoms with E-state index < -0.39 is 29.7 Å². The molecule has 0 radical (unpaired) electrons. The molecular weight excluding hydrogens is 795 g/mol. The van der Waals surface area contributed by atoms with Crippen LogP contribution in [-0.2, 0) is 9.59 Å². The lowest BCUT2D eigenvalue weighted by Crippen LogP contribution is -2.54. The molecule has 62 heavy (non-hydrogen) atoms. The van der Waals surface area contributed by atoms with E-state index in [1.54, 1.807) is 28.7 Å². The summed E-state index contributed by atoms with van der Waals surface area (Å²) in [5.74, 6) is -1.21. The van der Waals surface area contributed by atoms with Gasteiger partial charge in [0.25, 0.3) is 17.4 Å². The van der Waals surface area contributed by atoms with Gasteiger partial charge in [0, 0.05) is 75.5 Å². The van der Waals surface area contributed by atoms with E-state index in [-0.39, 0.29) is 52.9 Å². The summed E-state index contributed by atoms with van der Waals surface area (Å²) in [6, 6.07) is 7.13. The molecular formula is C44H49N11O7. The number of anilines is 4. The van der Waals surface area contributed by atoms with Crippen molar-refractivity contribution in [1.82, 2.24) is 39.5 Å². The average molecular weight is 844 g/mol. The van der Waals surface area contributed by atoms with Crippen molar-refractivity contribution in [1.29, 1.82) is 0 Å². The minimum absolute atomic E-state index is 0.00382. The number of imide groups is 2. The van der Waals surface area contributed by atoms with Crippen molar-refractivity contribution in [2.24, 2.45) is 5.92 Å². The fourth-order valence-corrected chi connectivity index (χ4v) is 9.69. The number of aryl methyl sites for hydroxylation is 1. The Hall–Kier alpha value is -6.56. The summed E-state index contributed by atoms with van der Waals surface area (Å²) in [4.78, 5) is 111. The molecule has 4 aliphatic heterocycles. The third-order valence-corrected chi connectivity index (χ3v) is 13.1. The molecule has 18 heteroatoms. The van der Waals surface area contributed by atoms with E-state index in [1.807, 2.05) is 18.3 Å². The second kappa shape index (κ2) is 16.7. The molecule has 1 aliphatic carbocycles. The Morgan fingerprint density at radius 2 is 1.58 bits per heavy atom. The van der Waals surface area contributed by atoms with E-state index >= 15 is 0 Å². The Morgan fingerprint density at radius 3 is 2.27 bits per heavy atom. The molecule has 4 aromatic rings. The summed E-state index contributed by atoms with van der Waals surface area (Å²) in [6.07, 6.45) is 9.16. The predicted molar refractivity (Wildman–Crippen MR) is 229 cm³/mol. The minimum Gasteiger partial charge on any atom is -0.368 e. The second-order valence-electron chi connectivity index (χ2n) is 17.0. The van der Waals surface area contributed by atoms with Gasteiger partial charge in [-0.1, -0.05) is 12.8 Å². The molecule has 0 bridgehead atoms. The lowest BCUT2D eigenvalue weighted by Gasteiger charge is -2.39. The number of fused-ring (bicyclic) bond motifs is 2. The number of piperidine rings is 2. The Kier molecular flexibility index (Phi) is 11.0. The highest BCUT2D eigenvalue weighted by atomic mass is 16.2. The van der Waals surface area contributed by atoms with Gasteiger partial charge in [0.2, 0.25) is 17.8 Å². The zero-order valence-electron chi connectivity index (χ0n) is 34.8. The number of pyridine rings is 2. The molecule has 1 saturated carbocycles. The summed E-state index contributed by atoms with van der Waals surface area (Å²) in [5.41, 5.74) is 2.72. The summed E-state index contributed by atoms with van der Waals surface area (Å²) < 4.78 is 1.70. The number of nitrogens with one attached hydrogen (secondary N) is 3. The maximum absolute atomic E-state index is 13.6. The number of hydrogen-bond acceptors (Lipinski definition) is 13. The predicted octanol–water partition coefficient (Wildman–Crippen LogP) is 4.02. The third-order valence-electron chi connectivity index (χ3n) is 13.1. The van der Waals surface area contributed by atoms with Gasteiger partial charge in [-0.15, -0.1) is 0 Å². The molecule has 9 rings (SSSR count). The van der Waals surface area contributed by atoms with Crippen molar-refractivity contribution >= 4 is 69.6 Å². The van der Waals surface area contributed by atoms with Crippen LogP contribution >= 0.6 is 0 Å². The first-order valence-electron chi connectivity index (χ1n) is 21.5. The van der Waals surface area contributed by atoms with Gasteiger partial charge in [-0.25, -0.2) is 14.8 Å². The second-order valence-corrected chi connectivity index (χ2v) is 17.0. The van der Waals surface area contributed by atoms with Crippen molar-refractivity contribution in [2.75, 3.05) is 61.3 Å². The van der Waals surface area contributed by atoms with Crippen LogP contribution in [-0.4, -0.2) is 122 Å². The quantitative estimate of drug-likeness (QED) is 0.161. The van der Waals surface area contributed by atoms with Gasteiger partial charge in [0.05, 0.1) is 28.6 Å². The maximum Gasteiger partial charge on any atom is 0.321 e. The lowest BCUT2D eigenvalue weighted by atomic mass is 9.96. The Bertz CT molecular complexity index is 2550. The van der Waals surface area contributed by atoms with Crippen LogP contribution in [0.4, 0.5) is 27.9 Å². The molecule has 3 N–H and O–H groups in total. The zero-order valence-corrected chi connectivity index (χ0v) is 34.8.